The Morgan fingerprint density at radius 3 is 2.95 bits per heavy atom. The van der Waals surface area contributed by atoms with Gasteiger partial charge in [0.25, 0.3) is 0 Å². The molecule has 1 aliphatic carbocycles. The second-order valence-corrected chi connectivity index (χ2v) is 6.81. The molecule has 0 saturated heterocycles. The van der Waals surface area contributed by atoms with E-state index in [4.69, 9.17) is 11.6 Å². The van der Waals surface area contributed by atoms with Crippen LogP contribution in [0.5, 0.6) is 0 Å². The molecule has 1 aliphatic rings. The number of aromatic nitrogens is 3. The molecule has 2 aromatic heterocycles. The van der Waals surface area contributed by atoms with Crippen molar-refractivity contribution in [3.8, 4) is 0 Å². The molecule has 0 amide bonds. The summed E-state index contributed by atoms with van der Waals surface area (Å²) in [6, 6.07) is 2.37. The Morgan fingerprint density at radius 1 is 1.59 bits per heavy atom. The molecule has 0 aliphatic heterocycles. The van der Waals surface area contributed by atoms with E-state index in [-0.39, 0.29) is 10.0 Å². The molecule has 6 nitrogen and oxygen atoms in total. The van der Waals surface area contributed by atoms with Gasteiger partial charge in [-0.2, -0.15) is 5.10 Å². The van der Waals surface area contributed by atoms with Gasteiger partial charge in [0.1, 0.15) is 0 Å². The lowest BCUT2D eigenvalue weighted by Crippen LogP contribution is -2.10. The Balaban J connectivity index is 1.78. The summed E-state index contributed by atoms with van der Waals surface area (Å²) >= 11 is 7.11. The van der Waals surface area contributed by atoms with Crippen LogP contribution in [0.25, 0.3) is 0 Å². The van der Waals surface area contributed by atoms with Gasteiger partial charge in [-0.15, -0.1) is 0 Å². The van der Waals surface area contributed by atoms with Crippen molar-refractivity contribution in [1.29, 1.82) is 0 Å². The second-order valence-electron chi connectivity index (χ2n) is 5.45. The molecule has 0 spiro atoms. The number of aryl methyl sites for hydroxylation is 1. The Bertz CT molecular complexity index is 708. The van der Waals surface area contributed by atoms with Crippen molar-refractivity contribution in [3.63, 3.8) is 0 Å². The van der Waals surface area contributed by atoms with Crippen LogP contribution in [0.4, 0.5) is 10.9 Å². The Kier molecular flexibility index (Phi) is 4.10. The third-order valence-electron chi connectivity index (χ3n) is 3.80. The van der Waals surface area contributed by atoms with Crippen LogP contribution in [0.15, 0.2) is 6.07 Å². The van der Waals surface area contributed by atoms with Gasteiger partial charge in [-0.25, -0.2) is 9.78 Å². The summed E-state index contributed by atoms with van der Waals surface area (Å²) in [7, 11) is 1.32. The fourth-order valence-electron chi connectivity index (χ4n) is 2.42. The summed E-state index contributed by atoms with van der Waals surface area (Å²) in [5.41, 5.74) is 1.10. The minimum atomic E-state index is -0.486. The maximum Gasteiger partial charge on any atom is 0.351 e. The topological polar surface area (TPSA) is 69.0 Å². The van der Waals surface area contributed by atoms with E-state index < -0.39 is 5.97 Å². The van der Waals surface area contributed by atoms with Gasteiger partial charge in [0, 0.05) is 11.8 Å². The largest absolute Gasteiger partial charge is 0.465 e. The Morgan fingerprint density at radius 2 is 2.32 bits per heavy atom. The van der Waals surface area contributed by atoms with E-state index in [1.54, 1.807) is 0 Å². The molecule has 118 valence electrons. The number of methoxy groups -OCH3 is 1. The highest BCUT2D eigenvalue weighted by Crippen LogP contribution is 2.40. The molecule has 3 rings (SSSR count). The number of ether oxygens (including phenoxy) is 1. The predicted molar refractivity (Wildman–Crippen MR) is 86.1 cm³/mol. The van der Waals surface area contributed by atoms with Crippen molar-refractivity contribution in [2.75, 3.05) is 12.4 Å². The average Bonchev–Trinajstić information content (AvgIpc) is 3.19. The van der Waals surface area contributed by atoms with E-state index in [1.807, 2.05) is 17.7 Å². The monoisotopic (exact) mass is 340 g/mol. The zero-order valence-corrected chi connectivity index (χ0v) is 14.2. The number of halogens is 1. The van der Waals surface area contributed by atoms with E-state index in [2.05, 4.69) is 27.1 Å². The van der Waals surface area contributed by atoms with Crippen LogP contribution in [0.1, 0.15) is 41.2 Å². The summed E-state index contributed by atoms with van der Waals surface area (Å²) in [6.45, 7) is 4.23. The molecule has 0 bridgehead atoms. The van der Waals surface area contributed by atoms with Crippen molar-refractivity contribution in [3.05, 3.63) is 21.8 Å². The summed E-state index contributed by atoms with van der Waals surface area (Å²) in [5, 5.41) is 8.35. The first-order valence-corrected chi connectivity index (χ1v) is 8.27. The standard InChI is InChI=1S/C14H17ClN4O2S/c1-7-6-10(18-19(7)8(2)9-4-5-9)16-14-17-12(15)11(22-14)13(20)21-3/h6,8-9H,4-5H2,1-3H3,(H,16,17,18)/t8-/m1/s1. The third kappa shape index (κ3) is 2.96. The number of esters is 1. The number of carbonyl (C=O) groups excluding carboxylic acids is 1. The molecular weight excluding hydrogens is 324 g/mol. The maximum absolute atomic E-state index is 11.5. The zero-order chi connectivity index (χ0) is 15.9. The molecule has 1 atom stereocenters. The van der Waals surface area contributed by atoms with Gasteiger partial charge in [-0.3, -0.25) is 4.68 Å². The minimum absolute atomic E-state index is 0.141. The SMILES string of the molecule is COC(=O)c1sc(Nc2cc(C)n([C@H](C)C3CC3)n2)nc1Cl. The number of thiazole rings is 1. The lowest BCUT2D eigenvalue weighted by Gasteiger charge is -2.12. The van der Waals surface area contributed by atoms with Crippen LogP contribution in [0, 0.1) is 12.8 Å². The van der Waals surface area contributed by atoms with Gasteiger partial charge in [0.05, 0.1) is 13.2 Å². The number of carbonyl (C=O) groups is 1. The highest BCUT2D eigenvalue weighted by Gasteiger charge is 2.30. The molecule has 1 N–H and O–H groups in total. The van der Waals surface area contributed by atoms with Crippen LogP contribution in [0.3, 0.4) is 0 Å². The number of anilines is 2. The Hall–Kier alpha value is -1.60. The van der Waals surface area contributed by atoms with Crippen LogP contribution in [0.2, 0.25) is 5.15 Å². The first-order chi connectivity index (χ1) is 10.5. The minimum Gasteiger partial charge on any atom is -0.465 e. The van der Waals surface area contributed by atoms with Gasteiger partial charge in [0.2, 0.25) is 0 Å². The number of nitrogens with zero attached hydrogens (tertiary/aromatic N) is 3. The molecule has 0 aromatic carbocycles. The molecule has 2 heterocycles. The van der Waals surface area contributed by atoms with E-state index in [0.29, 0.717) is 17.0 Å². The lowest BCUT2D eigenvalue weighted by atomic mass is 10.2. The van der Waals surface area contributed by atoms with Crippen LogP contribution >= 0.6 is 22.9 Å². The summed E-state index contributed by atoms with van der Waals surface area (Å²) in [5.74, 6) is 0.943. The van der Waals surface area contributed by atoms with E-state index >= 15 is 0 Å². The van der Waals surface area contributed by atoms with Gasteiger partial charge in [-0.05, 0) is 32.6 Å². The Labute approximate surface area is 137 Å². The lowest BCUT2D eigenvalue weighted by molar-refractivity contribution is 0.0606. The van der Waals surface area contributed by atoms with Gasteiger partial charge in [0.15, 0.2) is 21.0 Å². The first kappa shape index (κ1) is 15.3. The molecule has 0 radical (unpaired) electrons. The fraction of sp³-hybridized carbons (Fsp3) is 0.500. The van der Waals surface area contributed by atoms with Gasteiger partial charge >= 0.3 is 5.97 Å². The first-order valence-electron chi connectivity index (χ1n) is 7.07. The van der Waals surface area contributed by atoms with Crippen LogP contribution in [-0.2, 0) is 4.74 Å². The molecule has 0 unspecified atom stereocenters. The highest BCUT2D eigenvalue weighted by molar-refractivity contribution is 7.18. The number of nitrogens with one attached hydrogen (secondary N) is 1. The summed E-state index contributed by atoms with van der Waals surface area (Å²) < 4.78 is 6.71. The maximum atomic E-state index is 11.5. The van der Waals surface area contributed by atoms with Crippen molar-refractivity contribution in [1.82, 2.24) is 14.8 Å². The second kappa shape index (κ2) is 5.89. The summed E-state index contributed by atoms with van der Waals surface area (Å²) in [6.07, 6.45) is 2.54. The van der Waals surface area contributed by atoms with Crippen LogP contribution < -0.4 is 5.32 Å². The van der Waals surface area contributed by atoms with Gasteiger partial charge < -0.3 is 10.1 Å². The van der Waals surface area contributed by atoms with Gasteiger partial charge in [-0.1, -0.05) is 22.9 Å². The van der Waals surface area contributed by atoms with E-state index in [1.165, 1.54) is 20.0 Å². The molecule has 2 aromatic rings. The predicted octanol–water partition coefficient (Wildman–Crippen LogP) is 3.80. The quantitative estimate of drug-likeness (QED) is 0.838. The smallest absolute Gasteiger partial charge is 0.351 e. The van der Waals surface area contributed by atoms with Crippen molar-refractivity contribution in [2.45, 2.75) is 32.7 Å². The number of rotatable bonds is 5. The van der Waals surface area contributed by atoms with Crippen molar-refractivity contribution >= 4 is 39.9 Å². The molecule has 22 heavy (non-hydrogen) atoms. The number of hydrogen-bond donors (Lipinski definition) is 1. The average molecular weight is 341 g/mol. The van der Waals surface area contributed by atoms with Crippen LogP contribution in [-0.4, -0.2) is 27.8 Å². The zero-order valence-electron chi connectivity index (χ0n) is 12.6. The highest BCUT2D eigenvalue weighted by atomic mass is 35.5. The van der Waals surface area contributed by atoms with Crippen molar-refractivity contribution in [2.24, 2.45) is 5.92 Å². The molecule has 8 heteroatoms. The number of hydrogen-bond acceptors (Lipinski definition) is 6. The van der Waals surface area contributed by atoms with Crippen molar-refractivity contribution < 1.29 is 9.53 Å². The normalized spacial score (nSPS) is 15.6. The molecule has 1 fully saturated rings. The molecule has 1 saturated carbocycles. The van der Waals surface area contributed by atoms with E-state index in [0.717, 1.165) is 22.9 Å². The molecular formula is C14H17ClN4O2S. The summed E-state index contributed by atoms with van der Waals surface area (Å²) in [4.78, 5) is 16.0. The fourth-order valence-corrected chi connectivity index (χ4v) is 3.53. The third-order valence-corrected chi connectivity index (χ3v) is 5.14. The van der Waals surface area contributed by atoms with E-state index in [9.17, 15) is 4.79 Å².